The lowest BCUT2D eigenvalue weighted by molar-refractivity contribution is -0.118. The van der Waals surface area contributed by atoms with Gasteiger partial charge in [0, 0.05) is 33.1 Å². The quantitative estimate of drug-likeness (QED) is 0.287. The molecule has 0 aliphatic heterocycles. The van der Waals surface area contributed by atoms with Gasteiger partial charge in [0.15, 0.2) is 5.96 Å². The first kappa shape index (κ1) is 16.5. The summed E-state index contributed by atoms with van der Waals surface area (Å²) >= 11 is 0. The summed E-state index contributed by atoms with van der Waals surface area (Å²) in [6.45, 7) is 6.54. The first-order valence-corrected chi connectivity index (χ1v) is 7.67. The number of rotatable bonds is 7. The molecule has 3 N–H and O–H groups in total. The normalized spacial score (nSPS) is 15.5. The van der Waals surface area contributed by atoms with E-state index in [0.717, 1.165) is 25.5 Å². The molecular formula is C15H28N4O. The van der Waals surface area contributed by atoms with Crippen molar-refractivity contribution in [3.63, 3.8) is 0 Å². The predicted octanol–water partition coefficient (Wildman–Crippen LogP) is 1.57. The number of allylic oxidation sites excluding steroid dienone is 1. The van der Waals surface area contributed by atoms with Crippen LogP contribution >= 0.6 is 0 Å². The van der Waals surface area contributed by atoms with Gasteiger partial charge < -0.3 is 16.0 Å². The van der Waals surface area contributed by atoms with Crippen LogP contribution < -0.4 is 16.0 Å². The lowest BCUT2D eigenvalue weighted by Crippen LogP contribution is -2.41. The molecule has 20 heavy (non-hydrogen) atoms. The molecule has 0 radical (unpaired) electrons. The highest BCUT2D eigenvalue weighted by Gasteiger charge is 2.03. The molecule has 1 amide bonds. The van der Waals surface area contributed by atoms with E-state index in [2.05, 4.69) is 33.9 Å². The number of nitrogens with one attached hydrogen (secondary N) is 3. The highest BCUT2D eigenvalue weighted by atomic mass is 16.1. The van der Waals surface area contributed by atoms with Crippen molar-refractivity contribution in [2.45, 2.75) is 46.0 Å². The Balaban J connectivity index is 2.26. The Hall–Kier alpha value is -1.52. The van der Waals surface area contributed by atoms with E-state index in [1.54, 1.807) is 5.57 Å². The van der Waals surface area contributed by atoms with Gasteiger partial charge in [-0.2, -0.15) is 0 Å². The van der Waals surface area contributed by atoms with E-state index in [-0.39, 0.29) is 5.91 Å². The van der Waals surface area contributed by atoms with Crippen molar-refractivity contribution in [3.05, 3.63) is 11.6 Å². The number of nitrogens with zero attached hydrogens (tertiary/aromatic N) is 1. The van der Waals surface area contributed by atoms with Gasteiger partial charge in [0.2, 0.25) is 5.91 Å². The number of guanidine groups is 1. The lowest BCUT2D eigenvalue weighted by atomic mass is 9.97. The summed E-state index contributed by atoms with van der Waals surface area (Å²) in [6.07, 6.45) is 8.55. The highest BCUT2D eigenvalue weighted by Crippen LogP contribution is 2.19. The number of aliphatic imine (C=N–C) groups is 1. The van der Waals surface area contributed by atoms with Gasteiger partial charge in [-0.05, 0) is 39.0 Å². The van der Waals surface area contributed by atoms with Crippen LogP contribution in [0.3, 0.4) is 0 Å². The Morgan fingerprint density at radius 1 is 1.25 bits per heavy atom. The molecule has 0 unspecified atom stereocenters. The fraction of sp³-hybridized carbons (Fsp3) is 0.733. The topological polar surface area (TPSA) is 65.5 Å². The third-order valence-electron chi connectivity index (χ3n) is 3.22. The molecule has 0 fully saturated rings. The van der Waals surface area contributed by atoms with E-state index in [4.69, 9.17) is 0 Å². The van der Waals surface area contributed by atoms with E-state index in [1.165, 1.54) is 32.6 Å². The molecule has 1 aliphatic carbocycles. The summed E-state index contributed by atoms with van der Waals surface area (Å²) in [6, 6.07) is 0. The van der Waals surface area contributed by atoms with Crippen molar-refractivity contribution in [2.75, 3.05) is 26.2 Å². The molecule has 0 spiro atoms. The number of amides is 1. The van der Waals surface area contributed by atoms with Crippen LogP contribution in [-0.4, -0.2) is 38.0 Å². The van der Waals surface area contributed by atoms with Crippen LogP contribution in [0.5, 0.6) is 0 Å². The molecule has 0 aromatic rings. The first-order valence-electron chi connectivity index (χ1n) is 7.67. The Labute approximate surface area is 122 Å². The number of hydrogen-bond acceptors (Lipinski definition) is 2. The summed E-state index contributed by atoms with van der Waals surface area (Å²) in [5.74, 6) is 0.826. The van der Waals surface area contributed by atoms with Crippen molar-refractivity contribution in [2.24, 2.45) is 4.99 Å². The van der Waals surface area contributed by atoms with Gasteiger partial charge in [0.05, 0.1) is 0 Å². The van der Waals surface area contributed by atoms with Crippen LogP contribution in [-0.2, 0) is 4.79 Å². The zero-order valence-electron chi connectivity index (χ0n) is 12.8. The van der Waals surface area contributed by atoms with Gasteiger partial charge in [0.25, 0.3) is 0 Å². The minimum atomic E-state index is -0.00187. The average Bonchev–Trinajstić information content (AvgIpc) is 2.44. The Bertz CT molecular complexity index is 350. The molecule has 0 aromatic heterocycles. The molecular weight excluding hydrogens is 252 g/mol. The van der Waals surface area contributed by atoms with Gasteiger partial charge in [-0.15, -0.1) is 0 Å². The molecule has 1 rings (SSSR count). The standard InChI is InChI=1S/C15H28N4O/c1-3-16-15(19-12-11-17-13(2)20)18-10-9-14-7-5-4-6-8-14/h7H,3-6,8-12H2,1-2H3,(H,17,20)(H2,16,18,19). The molecule has 0 aromatic carbocycles. The summed E-state index contributed by atoms with van der Waals surface area (Å²) < 4.78 is 0. The third-order valence-corrected chi connectivity index (χ3v) is 3.22. The summed E-state index contributed by atoms with van der Waals surface area (Å²) in [4.78, 5) is 15.3. The van der Waals surface area contributed by atoms with Crippen LogP contribution in [0.15, 0.2) is 16.6 Å². The largest absolute Gasteiger partial charge is 0.357 e. The van der Waals surface area contributed by atoms with Crippen molar-refractivity contribution in [3.8, 4) is 0 Å². The van der Waals surface area contributed by atoms with E-state index in [9.17, 15) is 4.79 Å². The average molecular weight is 280 g/mol. The van der Waals surface area contributed by atoms with Crippen molar-refractivity contribution >= 4 is 11.9 Å². The number of carbonyl (C=O) groups is 1. The highest BCUT2D eigenvalue weighted by molar-refractivity contribution is 5.79. The van der Waals surface area contributed by atoms with Crippen LogP contribution in [0.2, 0.25) is 0 Å². The number of hydrogen-bond donors (Lipinski definition) is 3. The van der Waals surface area contributed by atoms with Crippen LogP contribution in [0, 0.1) is 0 Å². The molecule has 0 saturated heterocycles. The Morgan fingerprint density at radius 2 is 2.05 bits per heavy atom. The Kier molecular flexibility index (Phi) is 8.51. The summed E-state index contributed by atoms with van der Waals surface area (Å²) in [7, 11) is 0. The monoisotopic (exact) mass is 280 g/mol. The smallest absolute Gasteiger partial charge is 0.216 e. The molecule has 5 heteroatoms. The molecule has 1 aliphatic rings. The SMILES string of the molecule is CCNC(=NCCC1=CCCCC1)NCCNC(C)=O. The van der Waals surface area contributed by atoms with Crippen molar-refractivity contribution in [1.29, 1.82) is 0 Å². The van der Waals surface area contributed by atoms with E-state index in [0.29, 0.717) is 13.1 Å². The summed E-state index contributed by atoms with van der Waals surface area (Å²) in [5, 5.41) is 9.19. The van der Waals surface area contributed by atoms with Crippen LogP contribution in [0.25, 0.3) is 0 Å². The third kappa shape index (κ3) is 7.81. The molecule has 0 atom stereocenters. The van der Waals surface area contributed by atoms with Crippen LogP contribution in [0.1, 0.15) is 46.0 Å². The summed E-state index contributed by atoms with van der Waals surface area (Å²) in [5.41, 5.74) is 1.55. The van der Waals surface area contributed by atoms with Crippen molar-refractivity contribution in [1.82, 2.24) is 16.0 Å². The van der Waals surface area contributed by atoms with E-state index >= 15 is 0 Å². The van der Waals surface area contributed by atoms with Crippen LogP contribution in [0.4, 0.5) is 0 Å². The molecule has 0 heterocycles. The Morgan fingerprint density at radius 3 is 2.70 bits per heavy atom. The van der Waals surface area contributed by atoms with Gasteiger partial charge in [-0.1, -0.05) is 11.6 Å². The lowest BCUT2D eigenvalue weighted by Gasteiger charge is -2.13. The number of carbonyl (C=O) groups excluding carboxylic acids is 1. The maximum absolute atomic E-state index is 10.8. The maximum Gasteiger partial charge on any atom is 0.216 e. The second-order valence-electron chi connectivity index (χ2n) is 5.03. The van der Waals surface area contributed by atoms with Gasteiger partial charge in [-0.25, -0.2) is 0 Å². The van der Waals surface area contributed by atoms with Gasteiger partial charge >= 0.3 is 0 Å². The van der Waals surface area contributed by atoms with Crippen molar-refractivity contribution < 1.29 is 4.79 Å². The minimum absolute atomic E-state index is 0.00187. The fourth-order valence-corrected chi connectivity index (χ4v) is 2.20. The zero-order valence-corrected chi connectivity index (χ0v) is 12.8. The second-order valence-corrected chi connectivity index (χ2v) is 5.03. The van der Waals surface area contributed by atoms with Gasteiger partial charge in [-0.3, -0.25) is 9.79 Å². The minimum Gasteiger partial charge on any atom is -0.357 e. The first-order chi connectivity index (χ1) is 9.72. The molecule has 114 valence electrons. The molecule has 5 nitrogen and oxygen atoms in total. The maximum atomic E-state index is 10.8. The fourth-order valence-electron chi connectivity index (χ4n) is 2.20. The predicted molar refractivity (Wildman–Crippen MR) is 83.8 cm³/mol. The van der Waals surface area contributed by atoms with E-state index in [1.807, 2.05) is 0 Å². The zero-order chi connectivity index (χ0) is 14.6. The van der Waals surface area contributed by atoms with Gasteiger partial charge in [0.1, 0.15) is 0 Å². The second kappa shape index (κ2) is 10.3. The van der Waals surface area contributed by atoms with E-state index < -0.39 is 0 Å². The molecule has 0 saturated carbocycles. The molecule has 0 bridgehead atoms.